The highest BCUT2D eigenvalue weighted by Crippen LogP contribution is 1.97. The molecule has 0 saturated carbocycles. The average Bonchev–Trinajstić information content (AvgIpc) is 2.13. The summed E-state index contributed by atoms with van der Waals surface area (Å²) < 4.78 is 10.1. The van der Waals surface area contributed by atoms with Crippen molar-refractivity contribution in [2.24, 2.45) is 5.73 Å². The van der Waals surface area contributed by atoms with Crippen molar-refractivity contribution in [3.05, 3.63) is 0 Å². The van der Waals surface area contributed by atoms with E-state index in [2.05, 4.69) is 0 Å². The predicted molar refractivity (Wildman–Crippen MR) is 51.7 cm³/mol. The Labute approximate surface area is 84.2 Å². The number of rotatable bonds is 6. The van der Waals surface area contributed by atoms with Crippen molar-refractivity contribution in [3.8, 4) is 0 Å². The average molecular weight is 205 g/mol. The lowest BCUT2D eigenvalue weighted by atomic mass is 10.3. The van der Waals surface area contributed by atoms with Gasteiger partial charge in [-0.3, -0.25) is 4.79 Å². The quantitative estimate of drug-likeness (QED) is 0.580. The topological polar surface area (TPSA) is 81.8 Å². The second-order valence-electron chi connectivity index (χ2n) is 3.36. The molecule has 3 unspecified atom stereocenters. The molecule has 0 fully saturated rings. The van der Waals surface area contributed by atoms with Gasteiger partial charge in [0, 0.05) is 0 Å². The van der Waals surface area contributed by atoms with E-state index in [0.717, 1.165) is 0 Å². The van der Waals surface area contributed by atoms with E-state index in [4.69, 9.17) is 20.3 Å². The monoisotopic (exact) mass is 205 g/mol. The third kappa shape index (κ3) is 5.90. The molecule has 0 bridgehead atoms. The molecule has 0 aromatic rings. The molecule has 0 radical (unpaired) electrons. The molecule has 84 valence electrons. The molecule has 0 aliphatic heterocycles. The Bertz CT molecular complexity index is 172. The van der Waals surface area contributed by atoms with Gasteiger partial charge < -0.3 is 20.3 Å². The highest BCUT2D eigenvalue weighted by molar-refractivity contribution is 5.75. The number of esters is 1. The molecule has 0 aliphatic rings. The molecular weight excluding hydrogens is 186 g/mol. The largest absolute Gasteiger partial charge is 0.459 e. The second-order valence-corrected chi connectivity index (χ2v) is 3.36. The van der Waals surface area contributed by atoms with Crippen molar-refractivity contribution in [3.63, 3.8) is 0 Å². The standard InChI is InChI=1S/C9H19NO4/c1-6(4-11)13-5-7(2)14-9(12)8(3)10/h6-8,11H,4-5,10H2,1-3H3. The predicted octanol–water partition coefficient (Wildman–Crippen LogP) is -0.337. The van der Waals surface area contributed by atoms with Crippen molar-refractivity contribution in [1.82, 2.24) is 0 Å². The molecule has 3 N–H and O–H groups in total. The molecule has 5 nitrogen and oxygen atoms in total. The first kappa shape index (κ1) is 13.4. The van der Waals surface area contributed by atoms with Crippen molar-refractivity contribution in [2.45, 2.75) is 39.0 Å². The van der Waals surface area contributed by atoms with E-state index in [1.165, 1.54) is 0 Å². The van der Waals surface area contributed by atoms with Gasteiger partial charge in [0.1, 0.15) is 12.1 Å². The van der Waals surface area contributed by atoms with Crippen LogP contribution in [0.5, 0.6) is 0 Å². The summed E-state index contributed by atoms with van der Waals surface area (Å²) in [6.07, 6.45) is -0.589. The minimum absolute atomic E-state index is 0.0477. The number of aliphatic hydroxyl groups is 1. The molecule has 0 aromatic heterocycles. The lowest BCUT2D eigenvalue weighted by Crippen LogP contribution is -2.33. The van der Waals surface area contributed by atoms with Gasteiger partial charge in [-0.25, -0.2) is 0 Å². The van der Waals surface area contributed by atoms with E-state index in [1.807, 2.05) is 0 Å². The SMILES string of the molecule is CC(CO)OCC(C)OC(=O)C(C)N. The maximum atomic E-state index is 11.0. The van der Waals surface area contributed by atoms with Crippen molar-refractivity contribution in [2.75, 3.05) is 13.2 Å². The zero-order chi connectivity index (χ0) is 11.1. The molecule has 14 heavy (non-hydrogen) atoms. The molecule has 0 aliphatic carbocycles. The minimum Gasteiger partial charge on any atom is -0.459 e. The summed E-state index contributed by atoms with van der Waals surface area (Å²) in [4.78, 5) is 11.0. The fourth-order valence-electron chi connectivity index (χ4n) is 0.692. The number of ether oxygens (including phenoxy) is 2. The summed E-state index contributed by atoms with van der Waals surface area (Å²) in [5.41, 5.74) is 5.31. The molecule has 5 heteroatoms. The fraction of sp³-hybridized carbons (Fsp3) is 0.889. The Morgan fingerprint density at radius 3 is 2.36 bits per heavy atom. The Morgan fingerprint density at radius 2 is 1.93 bits per heavy atom. The number of hydrogen-bond donors (Lipinski definition) is 2. The molecule has 0 spiro atoms. The van der Waals surface area contributed by atoms with E-state index in [-0.39, 0.29) is 25.4 Å². The van der Waals surface area contributed by atoms with E-state index in [0.29, 0.717) is 0 Å². The van der Waals surface area contributed by atoms with Crippen LogP contribution in [0.25, 0.3) is 0 Å². The lowest BCUT2D eigenvalue weighted by molar-refractivity contribution is -0.153. The summed E-state index contributed by atoms with van der Waals surface area (Å²) in [5.74, 6) is -0.447. The Morgan fingerprint density at radius 1 is 1.36 bits per heavy atom. The molecule has 0 rings (SSSR count). The van der Waals surface area contributed by atoms with Crippen molar-refractivity contribution < 1.29 is 19.4 Å². The van der Waals surface area contributed by atoms with Gasteiger partial charge >= 0.3 is 5.97 Å². The minimum atomic E-state index is -0.618. The Balaban J connectivity index is 3.65. The fourth-order valence-corrected chi connectivity index (χ4v) is 0.692. The van der Waals surface area contributed by atoms with Crippen LogP contribution < -0.4 is 5.73 Å². The molecular formula is C9H19NO4. The molecule has 0 heterocycles. The van der Waals surface area contributed by atoms with Crippen LogP contribution in [0.15, 0.2) is 0 Å². The zero-order valence-corrected chi connectivity index (χ0v) is 8.90. The summed E-state index contributed by atoms with van der Waals surface area (Å²) >= 11 is 0. The van der Waals surface area contributed by atoms with Gasteiger partial charge in [-0.2, -0.15) is 0 Å². The van der Waals surface area contributed by atoms with Gasteiger partial charge in [-0.1, -0.05) is 0 Å². The summed E-state index contributed by atoms with van der Waals surface area (Å²) in [6, 6.07) is -0.618. The van der Waals surface area contributed by atoms with Gasteiger partial charge in [0.2, 0.25) is 0 Å². The van der Waals surface area contributed by atoms with Crippen LogP contribution in [0.1, 0.15) is 20.8 Å². The summed E-state index contributed by atoms with van der Waals surface area (Å²) in [6.45, 7) is 5.23. The van der Waals surface area contributed by atoms with Crippen LogP contribution in [-0.4, -0.2) is 42.5 Å². The molecule has 0 amide bonds. The highest BCUT2D eigenvalue weighted by Gasteiger charge is 2.14. The lowest BCUT2D eigenvalue weighted by Gasteiger charge is -2.17. The number of hydrogen-bond acceptors (Lipinski definition) is 5. The van der Waals surface area contributed by atoms with Crippen LogP contribution in [0.4, 0.5) is 0 Å². The number of aliphatic hydroxyl groups excluding tert-OH is 1. The normalized spacial score (nSPS) is 17.2. The van der Waals surface area contributed by atoms with Gasteiger partial charge in [0.05, 0.1) is 19.3 Å². The Kier molecular flexibility index (Phi) is 6.44. The van der Waals surface area contributed by atoms with Crippen molar-refractivity contribution >= 4 is 5.97 Å². The second kappa shape index (κ2) is 6.75. The van der Waals surface area contributed by atoms with Crippen LogP contribution in [0.2, 0.25) is 0 Å². The third-order valence-corrected chi connectivity index (χ3v) is 1.56. The van der Waals surface area contributed by atoms with Gasteiger partial charge in [0.15, 0.2) is 0 Å². The first-order valence-electron chi connectivity index (χ1n) is 4.66. The van der Waals surface area contributed by atoms with E-state index < -0.39 is 12.0 Å². The van der Waals surface area contributed by atoms with Crippen molar-refractivity contribution in [1.29, 1.82) is 0 Å². The number of nitrogens with two attached hydrogens (primary N) is 1. The zero-order valence-electron chi connectivity index (χ0n) is 8.90. The van der Waals surface area contributed by atoms with Gasteiger partial charge in [0.25, 0.3) is 0 Å². The summed E-state index contributed by atoms with van der Waals surface area (Å²) in [5, 5.41) is 8.67. The number of carbonyl (C=O) groups is 1. The molecule has 3 atom stereocenters. The van der Waals surface area contributed by atoms with Gasteiger partial charge in [-0.15, -0.1) is 0 Å². The first-order chi connectivity index (χ1) is 6.47. The van der Waals surface area contributed by atoms with Gasteiger partial charge in [-0.05, 0) is 20.8 Å². The molecule has 0 aromatic carbocycles. The number of carbonyl (C=O) groups excluding carboxylic acids is 1. The van der Waals surface area contributed by atoms with Crippen LogP contribution >= 0.6 is 0 Å². The van der Waals surface area contributed by atoms with E-state index in [9.17, 15) is 4.79 Å². The smallest absolute Gasteiger partial charge is 0.322 e. The Hall–Kier alpha value is -0.650. The van der Waals surface area contributed by atoms with E-state index >= 15 is 0 Å². The van der Waals surface area contributed by atoms with Crippen LogP contribution in [0.3, 0.4) is 0 Å². The molecule has 0 saturated heterocycles. The van der Waals surface area contributed by atoms with Crippen LogP contribution in [0, 0.1) is 0 Å². The van der Waals surface area contributed by atoms with E-state index in [1.54, 1.807) is 20.8 Å². The maximum Gasteiger partial charge on any atom is 0.322 e. The summed E-state index contributed by atoms with van der Waals surface area (Å²) in [7, 11) is 0. The van der Waals surface area contributed by atoms with Crippen LogP contribution in [-0.2, 0) is 14.3 Å². The highest BCUT2D eigenvalue weighted by atomic mass is 16.6. The maximum absolute atomic E-state index is 11.0. The third-order valence-electron chi connectivity index (χ3n) is 1.56. The first-order valence-corrected chi connectivity index (χ1v) is 4.66.